The van der Waals surface area contributed by atoms with Gasteiger partial charge in [-0.25, -0.2) is 4.79 Å². The summed E-state index contributed by atoms with van der Waals surface area (Å²) in [6.45, 7) is 4.43. The van der Waals surface area contributed by atoms with E-state index in [1.165, 1.54) is 0 Å². The van der Waals surface area contributed by atoms with E-state index < -0.39 is 0 Å². The lowest BCUT2D eigenvalue weighted by Crippen LogP contribution is -2.54. The van der Waals surface area contributed by atoms with Gasteiger partial charge < -0.3 is 4.74 Å². The number of rotatable bonds is 2. The minimum atomic E-state index is -0.383. The Labute approximate surface area is 178 Å². The number of carbonyl (C=O) groups excluding carboxylic acids is 3. The average Bonchev–Trinajstić information content (AvgIpc) is 3.05. The molecule has 0 aliphatic heterocycles. The molecule has 6 atom stereocenters. The van der Waals surface area contributed by atoms with Crippen molar-refractivity contribution >= 4 is 17.5 Å². The van der Waals surface area contributed by atoms with E-state index >= 15 is 0 Å². The van der Waals surface area contributed by atoms with Crippen molar-refractivity contribution in [3.8, 4) is 0 Å². The zero-order valence-electron chi connectivity index (χ0n) is 17.9. The second kappa shape index (κ2) is 6.90. The van der Waals surface area contributed by atoms with E-state index in [-0.39, 0.29) is 28.7 Å². The second-order valence-electron chi connectivity index (χ2n) is 10.3. The molecule has 0 amide bonds. The second-order valence-corrected chi connectivity index (χ2v) is 10.3. The van der Waals surface area contributed by atoms with Crippen molar-refractivity contribution in [3.63, 3.8) is 0 Å². The van der Waals surface area contributed by atoms with E-state index in [0.29, 0.717) is 41.9 Å². The molecule has 3 saturated carbocycles. The molecule has 0 saturated heterocycles. The van der Waals surface area contributed by atoms with E-state index in [4.69, 9.17) is 4.74 Å². The molecule has 0 N–H and O–H groups in total. The molecule has 3 fully saturated rings. The molecule has 0 aromatic heterocycles. The van der Waals surface area contributed by atoms with Gasteiger partial charge in [0.25, 0.3) is 0 Å². The molecule has 1 aromatic carbocycles. The van der Waals surface area contributed by atoms with Crippen LogP contribution in [0.4, 0.5) is 0 Å². The van der Waals surface area contributed by atoms with Crippen LogP contribution in [0.15, 0.2) is 42.0 Å². The van der Waals surface area contributed by atoms with Crippen molar-refractivity contribution in [2.45, 2.75) is 64.9 Å². The summed E-state index contributed by atoms with van der Waals surface area (Å²) in [5.41, 5.74) is 1.19. The third kappa shape index (κ3) is 2.83. The Bertz CT molecular complexity index is 932. The van der Waals surface area contributed by atoms with Crippen molar-refractivity contribution in [2.75, 3.05) is 0 Å². The first-order chi connectivity index (χ1) is 14.3. The molecule has 158 valence electrons. The number of Topliss-reactive ketones (excluding diaryl/α,β-unsaturated/α-hetero) is 1. The minimum absolute atomic E-state index is 0.134. The molecule has 0 unspecified atom stereocenters. The molecule has 5 rings (SSSR count). The quantitative estimate of drug-likeness (QED) is 0.654. The van der Waals surface area contributed by atoms with Gasteiger partial charge in [0.2, 0.25) is 0 Å². The van der Waals surface area contributed by atoms with Crippen molar-refractivity contribution in [1.29, 1.82) is 0 Å². The maximum Gasteiger partial charge on any atom is 0.338 e. The predicted octanol–water partition coefficient (Wildman–Crippen LogP) is 4.92. The molecular formula is C26H30O4. The summed E-state index contributed by atoms with van der Waals surface area (Å²) in [5, 5.41) is 0. The van der Waals surface area contributed by atoms with Gasteiger partial charge >= 0.3 is 5.97 Å². The van der Waals surface area contributed by atoms with Crippen LogP contribution in [0.5, 0.6) is 0 Å². The van der Waals surface area contributed by atoms with E-state index in [9.17, 15) is 14.4 Å². The summed E-state index contributed by atoms with van der Waals surface area (Å²) in [4.78, 5) is 37.9. The lowest BCUT2D eigenvalue weighted by Gasteiger charge is -2.58. The first-order valence-corrected chi connectivity index (χ1v) is 11.4. The Kier molecular flexibility index (Phi) is 4.53. The standard InChI is InChI=1S/C26H30O4/c1-25-12-10-17(27)14-21(25)22(30-24(29)16-6-4-3-5-7-16)15-18-19-8-9-23(28)26(19,2)13-11-20(18)25/h3-7,14,18-20,22H,8-13,15H2,1-2H3/t18-,19-,20-,22+,25+,26-/m0/s1. The third-order valence-electron chi connectivity index (χ3n) is 8.92. The van der Waals surface area contributed by atoms with Crippen LogP contribution in [0.25, 0.3) is 0 Å². The summed E-state index contributed by atoms with van der Waals surface area (Å²) in [5.74, 6) is 1.39. The highest BCUT2D eigenvalue weighted by Gasteiger charge is 2.61. The number of benzene rings is 1. The number of hydrogen-bond donors (Lipinski definition) is 0. The number of fused-ring (bicyclic) bond motifs is 5. The SMILES string of the molecule is C[C@]12CCC(=O)C=C1[C@H](OC(=O)c1ccccc1)C[C@@H]1[C@@H]2CC[C@]2(C)C(=O)CC[C@@H]12. The van der Waals surface area contributed by atoms with Gasteiger partial charge in [0.1, 0.15) is 11.9 Å². The van der Waals surface area contributed by atoms with Crippen LogP contribution in [0, 0.1) is 28.6 Å². The molecular weight excluding hydrogens is 376 g/mol. The van der Waals surface area contributed by atoms with E-state index in [1.54, 1.807) is 18.2 Å². The molecule has 0 spiro atoms. The van der Waals surface area contributed by atoms with Crippen LogP contribution in [-0.4, -0.2) is 23.6 Å². The molecule has 4 aliphatic rings. The van der Waals surface area contributed by atoms with Gasteiger partial charge in [0.15, 0.2) is 5.78 Å². The number of ketones is 2. The lowest BCUT2D eigenvalue weighted by atomic mass is 9.47. The van der Waals surface area contributed by atoms with Crippen molar-refractivity contribution in [1.82, 2.24) is 0 Å². The maximum absolute atomic E-state index is 12.9. The van der Waals surface area contributed by atoms with Crippen LogP contribution < -0.4 is 0 Å². The van der Waals surface area contributed by atoms with Gasteiger partial charge in [-0.2, -0.15) is 0 Å². The van der Waals surface area contributed by atoms with Crippen molar-refractivity contribution < 1.29 is 19.1 Å². The zero-order chi connectivity index (χ0) is 21.1. The Morgan fingerprint density at radius 2 is 1.70 bits per heavy atom. The van der Waals surface area contributed by atoms with Crippen LogP contribution in [0.3, 0.4) is 0 Å². The summed E-state index contributed by atoms with van der Waals surface area (Å²) < 4.78 is 6.07. The Hall–Kier alpha value is -2.23. The highest BCUT2D eigenvalue weighted by atomic mass is 16.5. The fourth-order valence-electron chi connectivity index (χ4n) is 7.23. The summed E-state index contributed by atoms with van der Waals surface area (Å²) in [7, 11) is 0. The van der Waals surface area contributed by atoms with Gasteiger partial charge in [-0.15, -0.1) is 0 Å². The molecule has 1 aromatic rings. The molecule has 4 aliphatic carbocycles. The van der Waals surface area contributed by atoms with E-state index in [1.807, 2.05) is 18.2 Å². The fraction of sp³-hybridized carbons (Fsp3) is 0.577. The summed E-state index contributed by atoms with van der Waals surface area (Å²) in [6.07, 6.45) is 7.08. The lowest BCUT2D eigenvalue weighted by molar-refractivity contribution is -0.134. The fourth-order valence-corrected chi connectivity index (χ4v) is 7.23. The third-order valence-corrected chi connectivity index (χ3v) is 8.92. The average molecular weight is 407 g/mol. The molecule has 4 nitrogen and oxygen atoms in total. The molecule has 0 bridgehead atoms. The molecule has 30 heavy (non-hydrogen) atoms. The smallest absolute Gasteiger partial charge is 0.338 e. The van der Waals surface area contributed by atoms with Gasteiger partial charge in [0.05, 0.1) is 5.56 Å². The van der Waals surface area contributed by atoms with Crippen LogP contribution in [0.2, 0.25) is 0 Å². The molecule has 0 radical (unpaired) electrons. The number of esters is 1. The number of hydrogen-bond acceptors (Lipinski definition) is 4. The molecule has 4 heteroatoms. The predicted molar refractivity (Wildman–Crippen MR) is 113 cm³/mol. The van der Waals surface area contributed by atoms with Gasteiger partial charge in [0, 0.05) is 18.3 Å². The van der Waals surface area contributed by atoms with Crippen LogP contribution in [-0.2, 0) is 14.3 Å². The van der Waals surface area contributed by atoms with Crippen LogP contribution >= 0.6 is 0 Å². The number of ether oxygens (including phenoxy) is 1. The van der Waals surface area contributed by atoms with Crippen LogP contribution in [0.1, 0.15) is 69.2 Å². The summed E-state index contributed by atoms with van der Waals surface area (Å²) in [6, 6.07) is 9.07. The minimum Gasteiger partial charge on any atom is -0.454 e. The Balaban J connectivity index is 1.51. The largest absolute Gasteiger partial charge is 0.454 e. The van der Waals surface area contributed by atoms with E-state index in [0.717, 1.165) is 37.7 Å². The van der Waals surface area contributed by atoms with Crippen molar-refractivity contribution in [2.24, 2.45) is 28.6 Å². The van der Waals surface area contributed by atoms with Gasteiger partial charge in [-0.3, -0.25) is 9.59 Å². The Morgan fingerprint density at radius 3 is 2.47 bits per heavy atom. The van der Waals surface area contributed by atoms with E-state index in [2.05, 4.69) is 13.8 Å². The van der Waals surface area contributed by atoms with Gasteiger partial charge in [-0.05, 0) is 79.1 Å². The normalized spacial score (nSPS) is 40.1. The van der Waals surface area contributed by atoms with Gasteiger partial charge in [-0.1, -0.05) is 32.0 Å². The molecule has 0 heterocycles. The monoisotopic (exact) mass is 406 g/mol. The first kappa shape index (κ1) is 19.7. The Morgan fingerprint density at radius 1 is 0.967 bits per heavy atom. The maximum atomic E-state index is 12.9. The zero-order valence-corrected chi connectivity index (χ0v) is 17.9. The highest BCUT2D eigenvalue weighted by molar-refractivity contribution is 5.93. The van der Waals surface area contributed by atoms with Crippen molar-refractivity contribution in [3.05, 3.63) is 47.5 Å². The number of carbonyl (C=O) groups is 3. The summed E-state index contributed by atoms with van der Waals surface area (Å²) >= 11 is 0. The first-order valence-electron chi connectivity index (χ1n) is 11.4. The topological polar surface area (TPSA) is 60.4 Å². The highest BCUT2D eigenvalue weighted by Crippen LogP contribution is 2.64.